The number of alkyl halides is 2. The van der Waals surface area contributed by atoms with Gasteiger partial charge in [0.25, 0.3) is 0 Å². The van der Waals surface area contributed by atoms with Crippen molar-refractivity contribution in [1.29, 1.82) is 0 Å². The van der Waals surface area contributed by atoms with Crippen molar-refractivity contribution in [1.82, 2.24) is 0 Å². The molecule has 1 aromatic carbocycles. The average molecular weight is 280 g/mol. The van der Waals surface area contributed by atoms with Crippen LogP contribution in [0.15, 0.2) is 29.2 Å². The predicted molar refractivity (Wildman–Crippen MR) is 61.2 cm³/mol. The Morgan fingerprint density at radius 3 is 2.50 bits per heavy atom. The molecule has 1 unspecified atom stereocenters. The number of aliphatic hydroxyl groups excluding tert-OH is 1. The van der Waals surface area contributed by atoms with Crippen LogP contribution < -0.4 is 0 Å². The Morgan fingerprint density at radius 2 is 1.94 bits per heavy atom. The van der Waals surface area contributed by atoms with Crippen molar-refractivity contribution in [3.05, 3.63) is 29.8 Å². The van der Waals surface area contributed by atoms with Gasteiger partial charge in [0.1, 0.15) is 0 Å². The predicted octanol–water partition coefficient (Wildman–Crippen LogP) is 1.23. The van der Waals surface area contributed by atoms with Gasteiger partial charge in [-0.3, -0.25) is 0 Å². The SMILES string of the molecule is COCC(O)Cc1ccccc1S(=O)(=O)C(F)F. The molecule has 0 saturated heterocycles. The number of rotatable bonds is 6. The van der Waals surface area contributed by atoms with E-state index in [2.05, 4.69) is 0 Å². The molecule has 0 aliphatic heterocycles. The van der Waals surface area contributed by atoms with E-state index < -0.39 is 26.6 Å². The molecule has 0 amide bonds. The maximum Gasteiger partial charge on any atom is 0.341 e. The van der Waals surface area contributed by atoms with Gasteiger partial charge in [-0.25, -0.2) is 8.42 Å². The second-order valence-electron chi connectivity index (χ2n) is 3.73. The van der Waals surface area contributed by atoms with E-state index in [9.17, 15) is 22.3 Å². The lowest BCUT2D eigenvalue weighted by Crippen LogP contribution is -2.20. The van der Waals surface area contributed by atoms with E-state index >= 15 is 0 Å². The molecule has 0 fully saturated rings. The van der Waals surface area contributed by atoms with Gasteiger partial charge >= 0.3 is 5.76 Å². The fourth-order valence-electron chi connectivity index (χ4n) is 1.55. The minimum absolute atomic E-state index is 0.00304. The molecule has 0 bridgehead atoms. The Balaban J connectivity index is 3.08. The van der Waals surface area contributed by atoms with Crippen molar-refractivity contribution in [3.63, 3.8) is 0 Å². The van der Waals surface area contributed by atoms with Crippen molar-refractivity contribution >= 4 is 9.84 Å². The second kappa shape index (κ2) is 6.21. The van der Waals surface area contributed by atoms with Crippen molar-refractivity contribution in [2.75, 3.05) is 13.7 Å². The largest absolute Gasteiger partial charge is 0.390 e. The summed E-state index contributed by atoms with van der Waals surface area (Å²) in [5.74, 6) is -3.47. The standard InChI is InChI=1S/C11H14F2O4S/c1-17-7-9(14)6-8-4-2-3-5-10(8)18(15,16)11(12)13/h2-5,9,11,14H,6-7H2,1H3. The van der Waals surface area contributed by atoms with Crippen LogP contribution in [0.1, 0.15) is 5.56 Å². The molecule has 0 saturated carbocycles. The van der Waals surface area contributed by atoms with E-state index in [0.29, 0.717) is 0 Å². The summed E-state index contributed by atoms with van der Waals surface area (Å²) < 4.78 is 52.5. The van der Waals surface area contributed by atoms with E-state index in [1.54, 1.807) is 0 Å². The maximum atomic E-state index is 12.5. The van der Waals surface area contributed by atoms with E-state index in [0.717, 1.165) is 6.07 Å². The summed E-state index contributed by atoms with van der Waals surface area (Å²) in [5, 5.41) is 9.52. The summed E-state index contributed by atoms with van der Waals surface area (Å²) in [7, 11) is -3.27. The van der Waals surface area contributed by atoms with Gasteiger partial charge in [0.15, 0.2) is 0 Å². The summed E-state index contributed by atoms with van der Waals surface area (Å²) in [5.41, 5.74) is 0.155. The van der Waals surface area contributed by atoms with Gasteiger partial charge in [-0.2, -0.15) is 8.78 Å². The van der Waals surface area contributed by atoms with E-state index in [1.807, 2.05) is 0 Å². The van der Waals surface area contributed by atoms with Crippen LogP contribution in [0.4, 0.5) is 8.78 Å². The third-order valence-electron chi connectivity index (χ3n) is 2.33. The molecule has 0 aliphatic carbocycles. The van der Waals surface area contributed by atoms with Gasteiger partial charge in [-0.1, -0.05) is 18.2 Å². The third kappa shape index (κ3) is 3.47. The van der Waals surface area contributed by atoms with Gasteiger partial charge < -0.3 is 9.84 Å². The summed E-state index contributed by atoms with van der Waals surface area (Å²) >= 11 is 0. The smallest absolute Gasteiger partial charge is 0.341 e. The Labute approximate surface area is 104 Å². The molecule has 0 aliphatic rings. The number of sulfone groups is 1. The highest BCUT2D eigenvalue weighted by Crippen LogP contribution is 2.23. The zero-order chi connectivity index (χ0) is 13.8. The molecular weight excluding hydrogens is 266 g/mol. The number of ether oxygens (including phenoxy) is 1. The van der Waals surface area contributed by atoms with Crippen LogP contribution in [0.2, 0.25) is 0 Å². The van der Waals surface area contributed by atoms with Crippen LogP contribution in [-0.2, 0) is 21.0 Å². The molecule has 1 N–H and O–H groups in total. The van der Waals surface area contributed by atoms with Crippen molar-refractivity contribution in [2.45, 2.75) is 23.2 Å². The molecule has 1 rings (SSSR count). The highest BCUT2D eigenvalue weighted by molar-refractivity contribution is 7.91. The molecule has 0 aromatic heterocycles. The van der Waals surface area contributed by atoms with E-state index in [-0.39, 0.29) is 18.6 Å². The minimum atomic E-state index is -4.65. The highest BCUT2D eigenvalue weighted by atomic mass is 32.2. The Bertz CT molecular complexity index is 488. The summed E-state index contributed by atoms with van der Waals surface area (Å²) in [4.78, 5) is -0.449. The molecule has 18 heavy (non-hydrogen) atoms. The summed E-state index contributed by atoms with van der Waals surface area (Å²) in [6.07, 6.45) is -1.00. The highest BCUT2D eigenvalue weighted by Gasteiger charge is 2.29. The first-order valence-electron chi connectivity index (χ1n) is 5.16. The topological polar surface area (TPSA) is 63.6 Å². The van der Waals surface area contributed by atoms with Crippen LogP contribution in [0.3, 0.4) is 0 Å². The van der Waals surface area contributed by atoms with Crippen LogP contribution >= 0.6 is 0 Å². The number of methoxy groups -OCH3 is 1. The van der Waals surface area contributed by atoms with Crippen LogP contribution in [-0.4, -0.2) is 39.1 Å². The number of benzene rings is 1. The molecule has 7 heteroatoms. The lowest BCUT2D eigenvalue weighted by Gasteiger charge is -2.13. The first-order chi connectivity index (χ1) is 8.39. The first-order valence-corrected chi connectivity index (χ1v) is 6.71. The molecule has 1 atom stereocenters. The molecule has 1 aromatic rings. The fourth-order valence-corrected chi connectivity index (χ4v) is 2.53. The van der Waals surface area contributed by atoms with Gasteiger partial charge in [0.2, 0.25) is 9.84 Å². The van der Waals surface area contributed by atoms with E-state index in [4.69, 9.17) is 4.74 Å². The fraction of sp³-hybridized carbons (Fsp3) is 0.455. The molecule has 0 heterocycles. The Hall–Kier alpha value is -1.05. The van der Waals surface area contributed by atoms with Crippen LogP contribution in [0.5, 0.6) is 0 Å². The number of halogens is 2. The summed E-state index contributed by atoms with van der Waals surface area (Å²) in [6.45, 7) is 0.00304. The van der Waals surface area contributed by atoms with Crippen molar-refractivity contribution in [2.24, 2.45) is 0 Å². The second-order valence-corrected chi connectivity index (χ2v) is 5.61. The number of hydrogen-bond donors (Lipinski definition) is 1. The van der Waals surface area contributed by atoms with Crippen LogP contribution in [0, 0.1) is 0 Å². The third-order valence-corrected chi connectivity index (χ3v) is 3.81. The molecule has 0 spiro atoms. The van der Waals surface area contributed by atoms with Gasteiger partial charge in [-0.05, 0) is 11.6 Å². The van der Waals surface area contributed by atoms with Gasteiger partial charge in [-0.15, -0.1) is 0 Å². The maximum absolute atomic E-state index is 12.5. The first kappa shape index (κ1) is 15.0. The zero-order valence-corrected chi connectivity index (χ0v) is 10.5. The molecule has 0 radical (unpaired) electrons. The summed E-state index contributed by atoms with van der Waals surface area (Å²) in [6, 6.07) is 5.39. The van der Waals surface area contributed by atoms with E-state index in [1.165, 1.54) is 25.3 Å². The van der Waals surface area contributed by atoms with Crippen LogP contribution in [0.25, 0.3) is 0 Å². The molecule has 4 nitrogen and oxygen atoms in total. The van der Waals surface area contributed by atoms with Crippen molar-refractivity contribution in [3.8, 4) is 0 Å². The monoisotopic (exact) mass is 280 g/mol. The number of hydrogen-bond acceptors (Lipinski definition) is 4. The Kier molecular flexibility index (Phi) is 5.18. The van der Waals surface area contributed by atoms with Gasteiger partial charge in [0.05, 0.1) is 17.6 Å². The number of aliphatic hydroxyl groups is 1. The Morgan fingerprint density at radius 1 is 1.33 bits per heavy atom. The molecule has 102 valence electrons. The average Bonchev–Trinajstić information content (AvgIpc) is 2.29. The zero-order valence-electron chi connectivity index (χ0n) is 9.71. The van der Waals surface area contributed by atoms with Crippen molar-refractivity contribution < 1.29 is 27.0 Å². The lowest BCUT2D eigenvalue weighted by molar-refractivity contribution is 0.0646. The quantitative estimate of drug-likeness (QED) is 0.851. The minimum Gasteiger partial charge on any atom is -0.390 e. The van der Waals surface area contributed by atoms with Gasteiger partial charge in [0, 0.05) is 13.5 Å². The normalized spacial score (nSPS) is 13.8. The molecular formula is C11H14F2O4S. The lowest BCUT2D eigenvalue weighted by atomic mass is 10.1.